The summed E-state index contributed by atoms with van der Waals surface area (Å²) in [6, 6.07) is 7.55. The molecule has 5 heteroatoms. The van der Waals surface area contributed by atoms with Crippen molar-refractivity contribution in [2.24, 2.45) is 0 Å². The largest absolute Gasteiger partial charge is 0.494 e. The second-order valence-corrected chi connectivity index (χ2v) is 5.32. The van der Waals surface area contributed by atoms with Gasteiger partial charge in [-0.05, 0) is 43.9 Å². The molecule has 1 N–H and O–H groups in total. The number of aromatic nitrogens is 2. The van der Waals surface area contributed by atoms with E-state index in [1.54, 1.807) is 11.8 Å². The van der Waals surface area contributed by atoms with E-state index < -0.39 is 11.9 Å². The Labute approximate surface area is 123 Å². The molecular formula is C16H18N2O3. The zero-order valence-electron chi connectivity index (χ0n) is 12.2. The average molecular weight is 286 g/mol. The summed E-state index contributed by atoms with van der Waals surface area (Å²) in [7, 11) is 1.61. The van der Waals surface area contributed by atoms with Crippen molar-refractivity contribution in [1.29, 1.82) is 0 Å². The molecule has 0 spiro atoms. The van der Waals surface area contributed by atoms with E-state index in [-0.39, 0.29) is 0 Å². The predicted octanol–water partition coefficient (Wildman–Crippen LogP) is 2.69. The van der Waals surface area contributed by atoms with Crippen LogP contribution in [0.2, 0.25) is 0 Å². The fraction of sp³-hybridized carbons (Fsp3) is 0.375. The standard InChI is InChI=1S/C16H18N2O3/c1-10-11-6-5-7-12(16(19)20)15(11)18(17-10)13-8-3-4-9-14(13)21-2/h3-4,8-9,12H,5-7H2,1-2H3,(H,19,20). The summed E-state index contributed by atoms with van der Waals surface area (Å²) in [4.78, 5) is 11.6. The minimum Gasteiger partial charge on any atom is -0.494 e. The number of hydrogen-bond donors (Lipinski definition) is 1. The van der Waals surface area contributed by atoms with E-state index in [0.717, 1.165) is 35.5 Å². The maximum Gasteiger partial charge on any atom is 0.312 e. The smallest absolute Gasteiger partial charge is 0.312 e. The minimum absolute atomic E-state index is 0.500. The Morgan fingerprint density at radius 3 is 2.90 bits per heavy atom. The third-order valence-corrected chi connectivity index (χ3v) is 4.09. The van der Waals surface area contributed by atoms with E-state index >= 15 is 0 Å². The van der Waals surface area contributed by atoms with Crippen LogP contribution in [0.4, 0.5) is 0 Å². The molecular weight excluding hydrogens is 268 g/mol. The highest BCUT2D eigenvalue weighted by Crippen LogP contribution is 2.36. The first-order valence-corrected chi connectivity index (χ1v) is 7.08. The normalized spacial score (nSPS) is 17.3. The number of aliphatic carboxylic acids is 1. The lowest BCUT2D eigenvalue weighted by Gasteiger charge is -2.21. The average Bonchev–Trinajstić information content (AvgIpc) is 2.84. The topological polar surface area (TPSA) is 64.4 Å². The molecule has 1 aromatic carbocycles. The molecule has 110 valence electrons. The Bertz CT molecular complexity index is 691. The highest BCUT2D eigenvalue weighted by atomic mass is 16.5. The Kier molecular flexibility index (Phi) is 3.41. The van der Waals surface area contributed by atoms with Crippen LogP contribution in [0.15, 0.2) is 24.3 Å². The van der Waals surface area contributed by atoms with Crippen LogP contribution in [0.3, 0.4) is 0 Å². The van der Waals surface area contributed by atoms with Gasteiger partial charge in [-0.1, -0.05) is 12.1 Å². The maximum absolute atomic E-state index is 11.6. The lowest BCUT2D eigenvalue weighted by Crippen LogP contribution is -2.21. The Balaban J connectivity index is 2.23. The van der Waals surface area contributed by atoms with Gasteiger partial charge in [-0.3, -0.25) is 4.79 Å². The molecule has 0 saturated carbocycles. The molecule has 0 radical (unpaired) electrons. The lowest BCUT2D eigenvalue weighted by atomic mass is 9.86. The van der Waals surface area contributed by atoms with Gasteiger partial charge in [0, 0.05) is 0 Å². The van der Waals surface area contributed by atoms with Gasteiger partial charge in [-0.15, -0.1) is 0 Å². The molecule has 2 aromatic rings. The molecule has 0 aliphatic heterocycles. The molecule has 21 heavy (non-hydrogen) atoms. The summed E-state index contributed by atoms with van der Waals surface area (Å²) in [5.74, 6) is -0.593. The SMILES string of the molecule is COc1ccccc1-n1nc(C)c2c1C(C(=O)O)CCC2. The van der Waals surface area contributed by atoms with Crippen molar-refractivity contribution in [3.63, 3.8) is 0 Å². The molecule has 5 nitrogen and oxygen atoms in total. The fourth-order valence-electron chi connectivity index (χ4n) is 3.09. The molecule has 1 aromatic heterocycles. The highest BCUT2D eigenvalue weighted by Gasteiger charge is 2.32. The second kappa shape index (κ2) is 5.24. The van der Waals surface area contributed by atoms with Gasteiger partial charge in [-0.25, -0.2) is 4.68 Å². The Morgan fingerprint density at radius 1 is 1.43 bits per heavy atom. The van der Waals surface area contributed by atoms with Crippen LogP contribution in [0.25, 0.3) is 5.69 Å². The summed E-state index contributed by atoms with van der Waals surface area (Å²) in [6.45, 7) is 1.94. The van der Waals surface area contributed by atoms with Gasteiger partial charge in [0.15, 0.2) is 0 Å². The number of rotatable bonds is 3. The van der Waals surface area contributed by atoms with E-state index in [1.165, 1.54) is 0 Å². The fourth-order valence-corrected chi connectivity index (χ4v) is 3.09. The van der Waals surface area contributed by atoms with Crippen molar-refractivity contribution in [3.8, 4) is 11.4 Å². The third-order valence-electron chi connectivity index (χ3n) is 4.09. The monoisotopic (exact) mass is 286 g/mol. The second-order valence-electron chi connectivity index (χ2n) is 5.32. The number of carboxylic acids is 1. The van der Waals surface area contributed by atoms with E-state index in [1.807, 2.05) is 31.2 Å². The van der Waals surface area contributed by atoms with Crippen LogP contribution in [-0.4, -0.2) is 28.0 Å². The number of carbonyl (C=O) groups is 1. The number of ether oxygens (including phenoxy) is 1. The van der Waals surface area contributed by atoms with Gasteiger partial charge < -0.3 is 9.84 Å². The molecule has 0 fully saturated rings. The molecule has 1 aliphatic carbocycles. The number of hydrogen-bond acceptors (Lipinski definition) is 3. The zero-order valence-corrected chi connectivity index (χ0v) is 12.2. The zero-order chi connectivity index (χ0) is 15.0. The van der Waals surface area contributed by atoms with Gasteiger partial charge in [0.2, 0.25) is 0 Å². The Morgan fingerprint density at radius 2 is 2.19 bits per heavy atom. The molecule has 0 saturated heterocycles. The van der Waals surface area contributed by atoms with Crippen LogP contribution in [0, 0.1) is 6.92 Å². The number of fused-ring (bicyclic) bond motifs is 1. The Hall–Kier alpha value is -2.30. The number of methoxy groups -OCH3 is 1. The minimum atomic E-state index is -0.785. The van der Waals surface area contributed by atoms with Crippen molar-refractivity contribution < 1.29 is 14.6 Å². The third kappa shape index (κ3) is 2.18. The van der Waals surface area contributed by atoms with Crippen molar-refractivity contribution >= 4 is 5.97 Å². The molecule has 0 bridgehead atoms. The number of para-hydroxylation sites is 2. The lowest BCUT2D eigenvalue weighted by molar-refractivity contribution is -0.139. The number of nitrogens with zero attached hydrogens (tertiary/aromatic N) is 2. The van der Waals surface area contributed by atoms with Gasteiger partial charge >= 0.3 is 5.97 Å². The summed E-state index contributed by atoms with van der Waals surface area (Å²) in [5.41, 5.74) is 3.56. The van der Waals surface area contributed by atoms with Gasteiger partial charge in [0.05, 0.1) is 24.4 Å². The maximum atomic E-state index is 11.6. The summed E-state index contributed by atoms with van der Waals surface area (Å²) >= 11 is 0. The van der Waals surface area contributed by atoms with Crippen molar-refractivity contribution in [2.45, 2.75) is 32.1 Å². The number of aryl methyl sites for hydroxylation is 1. The van der Waals surface area contributed by atoms with Crippen molar-refractivity contribution in [2.75, 3.05) is 7.11 Å². The van der Waals surface area contributed by atoms with E-state index in [2.05, 4.69) is 5.10 Å². The summed E-state index contributed by atoms with van der Waals surface area (Å²) in [6.07, 6.45) is 2.44. The van der Waals surface area contributed by atoms with Crippen LogP contribution in [0.1, 0.15) is 35.7 Å². The van der Waals surface area contributed by atoms with E-state index in [9.17, 15) is 9.90 Å². The van der Waals surface area contributed by atoms with Crippen LogP contribution >= 0.6 is 0 Å². The van der Waals surface area contributed by atoms with Crippen LogP contribution < -0.4 is 4.74 Å². The molecule has 1 atom stereocenters. The quantitative estimate of drug-likeness (QED) is 0.942. The molecule has 0 amide bonds. The molecule has 3 rings (SSSR count). The first-order valence-electron chi connectivity index (χ1n) is 7.08. The van der Waals surface area contributed by atoms with Gasteiger partial charge in [0.25, 0.3) is 0 Å². The number of carboxylic acid groups (broad SMARTS) is 1. The molecule has 1 unspecified atom stereocenters. The van der Waals surface area contributed by atoms with Crippen LogP contribution in [0.5, 0.6) is 5.75 Å². The van der Waals surface area contributed by atoms with E-state index in [0.29, 0.717) is 12.2 Å². The first-order chi connectivity index (χ1) is 10.1. The van der Waals surface area contributed by atoms with Crippen molar-refractivity contribution in [3.05, 3.63) is 41.2 Å². The van der Waals surface area contributed by atoms with Gasteiger partial charge in [0.1, 0.15) is 11.4 Å². The molecule has 1 heterocycles. The number of benzene rings is 1. The van der Waals surface area contributed by atoms with E-state index in [4.69, 9.17) is 4.74 Å². The first kappa shape index (κ1) is 13.7. The summed E-state index contributed by atoms with van der Waals surface area (Å²) in [5, 5.41) is 14.1. The predicted molar refractivity (Wildman–Crippen MR) is 78.2 cm³/mol. The highest BCUT2D eigenvalue weighted by molar-refractivity contribution is 5.77. The summed E-state index contributed by atoms with van der Waals surface area (Å²) < 4.78 is 7.14. The van der Waals surface area contributed by atoms with Crippen LogP contribution in [-0.2, 0) is 11.2 Å². The van der Waals surface area contributed by atoms with Crippen molar-refractivity contribution in [1.82, 2.24) is 9.78 Å². The molecule has 1 aliphatic rings. The van der Waals surface area contributed by atoms with Gasteiger partial charge in [-0.2, -0.15) is 5.10 Å².